The van der Waals surface area contributed by atoms with E-state index in [0.717, 1.165) is 5.57 Å². The van der Waals surface area contributed by atoms with Crippen LogP contribution < -0.4 is 5.73 Å². The van der Waals surface area contributed by atoms with Crippen molar-refractivity contribution in [2.75, 3.05) is 6.54 Å². The second kappa shape index (κ2) is 2.66. The van der Waals surface area contributed by atoms with Crippen molar-refractivity contribution in [3.8, 4) is 0 Å². The second-order valence-corrected chi connectivity index (χ2v) is 2.16. The minimum atomic E-state index is -0.847. The van der Waals surface area contributed by atoms with Gasteiger partial charge >= 0.3 is 5.97 Å². The van der Waals surface area contributed by atoms with Gasteiger partial charge in [-0.1, -0.05) is 6.08 Å². The molecule has 0 fully saturated rings. The maximum Gasteiger partial charge on any atom is 0.331 e. The van der Waals surface area contributed by atoms with E-state index in [2.05, 4.69) is 0 Å². The number of allylic oxidation sites excluding steroid dienone is 1. The molecule has 0 aromatic rings. The first kappa shape index (κ1) is 7.02. The Hall–Kier alpha value is -1.09. The summed E-state index contributed by atoms with van der Waals surface area (Å²) in [7, 11) is 0. The number of hydrogen-bond acceptors (Lipinski definition) is 2. The van der Waals surface area contributed by atoms with Gasteiger partial charge in [0, 0.05) is 12.1 Å². The Morgan fingerprint density at radius 1 is 1.80 bits per heavy atom. The third-order valence-corrected chi connectivity index (χ3v) is 1.45. The van der Waals surface area contributed by atoms with Crippen LogP contribution in [-0.4, -0.2) is 17.6 Å². The van der Waals surface area contributed by atoms with Crippen LogP contribution in [-0.2, 0) is 4.79 Å². The van der Waals surface area contributed by atoms with Gasteiger partial charge in [0.05, 0.1) is 0 Å². The molecule has 0 spiro atoms. The highest BCUT2D eigenvalue weighted by Gasteiger charge is 2.10. The zero-order chi connectivity index (χ0) is 7.56. The first-order chi connectivity index (χ1) is 4.74. The summed E-state index contributed by atoms with van der Waals surface area (Å²) < 4.78 is 0. The van der Waals surface area contributed by atoms with Gasteiger partial charge in [-0.3, -0.25) is 0 Å². The molecule has 0 bridgehead atoms. The minimum absolute atomic E-state index is 0.427. The van der Waals surface area contributed by atoms with E-state index in [4.69, 9.17) is 10.8 Å². The predicted octanol–water partition coefficient (Wildman–Crippen LogP) is 0.286. The zero-order valence-electron chi connectivity index (χ0n) is 5.50. The van der Waals surface area contributed by atoms with Crippen LogP contribution in [0.3, 0.4) is 0 Å². The first-order valence-electron chi connectivity index (χ1n) is 3.07. The minimum Gasteiger partial charge on any atom is -0.478 e. The van der Waals surface area contributed by atoms with Crippen LogP contribution in [0.5, 0.6) is 0 Å². The van der Waals surface area contributed by atoms with Crippen LogP contribution in [0.25, 0.3) is 0 Å². The summed E-state index contributed by atoms with van der Waals surface area (Å²) in [6.07, 6.45) is 3.98. The topological polar surface area (TPSA) is 63.3 Å². The fourth-order valence-electron chi connectivity index (χ4n) is 0.874. The van der Waals surface area contributed by atoms with E-state index in [0.29, 0.717) is 18.5 Å². The lowest BCUT2D eigenvalue weighted by molar-refractivity contribution is -0.132. The molecule has 0 saturated carbocycles. The number of carboxylic acid groups (broad SMARTS) is 1. The van der Waals surface area contributed by atoms with Crippen LogP contribution in [0.4, 0.5) is 0 Å². The highest BCUT2D eigenvalue weighted by molar-refractivity contribution is 5.88. The molecule has 0 unspecified atom stereocenters. The van der Waals surface area contributed by atoms with Crippen molar-refractivity contribution >= 4 is 5.97 Å². The van der Waals surface area contributed by atoms with E-state index < -0.39 is 5.97 Å². The normalized spacial score (nSPS) is 16.5. The van der Waals surface area contributed by atoms with Crippen molar-refractivity contribution in [3.05, 3.63) is 23.3 Å². The molecular formula is C7H9NO2. The van der Waals surface area contributed by atoms with Gasteiger partial charge in [0.15, 0.2) is 0 Å². The molecule has 54 valence electrons. The van der Waals surface area contributed by atoms with Crippen LogP contribution in [0.15, 0.2) is 23.3 Å². The number of nitrogens with two attached hydrogens (primary N) is 1. The van der Waals surface area contributed by atoms with Gasteiger partial charge in [-0.05, 0) is 18.1 Å². The van der Waals surface area contributed by atoms with Crippen molar-refractivity contribution in [1.82, 2.24) is 0 Å². The number of carbonyl (C=O) groups is 1. The smallest absolute Gasteiger partial charge is 0.331 e. The molecule has 0 aromatic carbocycles. The average Bonchev–Trinajstić information content (AvgIpc) is 2.34. The quantitative estimate of drug-likeness (QED) is 0.577. The predicted molar refractivity (Wildman–Crippen MR) is 37.5 cm³/mol. The number of rotatable bonds is 2. The number of aliphatic carboxylic acids is 1. The lowest BCUT2D eigenvalue weighted by Crippen LogP contribution is -2.00. The molecular weight excluding hydrogens is 130 g/mol. The highest BCUT2D eigenvalue weighted by atomic mass is 16.4. The summed E-state index contributed by atoms with van der Waals surface area (Å²) in [5, 5.41) is 8.48. The highest BCUT2D eigenvalue weighted by Crippen LogP contribution is 2.15. The monoisotopic (exact) mass is 139 g/mol. The van der Waals surface area contributed by atoms with Crippen LogP contribution in [0.1, 0.15) is 6.42 Å². The third kappa shape index (κ3) is 1.25. The lowest BCUT2D eigenvalue weighted by atomic mass is 10.2. The van der Waals surface area contributed by atoms with Gasteiger partial charge in [-0.2, -0.15) is 0 Å². The molecule has 0 radical (unpaired) electrons. The van der Waals surface area contributed by atoms with E-state index in [1.54, 1.807) is 6.08 Å². The molecule has 0 aliphatic heterocycles. The Morgan fingerprint density at radius 3 is 2.80 bits per heavy atom. The molecule has 1 aliphatic carbocycles. The molecule has 0 amide bonds. The van der Waals surface area contributed by atoms with Crippen molar-refractivity contribution < 1.29 is 9.90 Å². The van der Waals surface area contributed by atoms with Crippen LogP contribution in [0.2, 0.25) is 0 Å². The Morgan fingerprint density at radius 2 is 2.50 bits per heavy atom. The summed E-state index contributed by atoms with van der Waals surface area (Å²) >= 11 is 0. The van der Waals surface area contributed by atoms with E-state index >= 15 is 0 Å². The number of carboxylic acids is 1. The molecule has 0 heterocycles. The number of hydrogen-bond donors (Lipinski definition) is 2. The van der Waals surface area contributed by atoms with E-state index in [1.165, 1.54) is 0 Å². The fourth-order valence-corrected chi connectivity index (χ4v) is 0.874. The third-order valence-electron chi connectivity index (χ3n) is 1.45. The first-order valence-corrected chi connectivity index (χ1v) is 3.07. The molecule has 1 rings (SSSR count). The van der Waals surface area contributed by atoms with Gasteiger partial charge in [-0.15, -0.1) is 0 Å². The zero-order valence-corrected chi connectivity index (χ0v) is 5.50. The molecule has 3 heteroatoms. The van der Waals surface area contributed by atoms with Crippen molar-refractivity contribution in [2.45, 2.75) is 6.42 Å². The summed E-state index contributed by atoms with van der Waals surface area (Å²) in [5.41, 5.74) is 6.64. The Bertz CT molecular complexity index is 216. The van der Waals surface area contributed by atoms with Gasteiger partial charge in [0.25, 0.3) is 0 Å². The average molecular weight is 139 g/mol. The summed E-state index contributed by atoms with van der Waals surface area (Å²) in [6, 6.07) is 0. The lowest BCUT2D eigenvalue weighted by Gasteiger charge is -1.88. The summed E-state index contributed by atoms with van der Waals surface area (Å²) in [5.74, 6) is -0.847. The Kier molecular flexibility index (Phi) is 1.87. The summed E-state index contributed by atoms with van der Waals surface area (Å²) in [6.45, 7) is 0.427. The van der Waals surface area contributed by atoms with Gasteiger partial charge in [-0.25, -0.2) is 4.79 Å². The molecule has 3 nitrogen and oxygen atoms in total. The van der Waals surface area contributed by atoms with Gasteiger partial charge < -0.3 is 10.8 Å². The largest absolute Gasteiger partial charge is 0.478 e. The Labute approximate surface area is 58.8 Å². The van der Waals surface area contributed by atoms with Crippen molar-refractivity contribution in [2.24, 2.45) is 5.73 Å². The van der Waals surface area contributed by atoms with Gasteiger partial charge in [0.2, 0.25) is 0 Å². The molecule has 0 atom stereocenters. The summed E-state index contributed by atoms with van der Waals surface area (Å²) in [4.78, 5) is 10.3. The fraction of sp³-hybridized carbons (Fsp3) is 0.286. The SMILES string of the molecule is NCC1=CCC(C(=O)O)=C1. The van der Waals surface area contributed by atoms with E-state index in [-0.39, 0.29) is 0 Å². The van der Waals surface area contributed by atoms with Crippen molar-refractivity contribution in [1.29, 1.82) is 0 Å². The van der Waals surface area contributed by atoms with Crippen molar-refractivity contribution in [3.63, 3.8) is 0 Å². The standard InChI is InChI=1S/C7H9NO2/c8-4-5-1-2-6(3-5)7(9)10/h1,3H,2,4,8H2,(H,9,10). The molecule has 1 aliphatic rings. The second-order valence-electron chi connectivity index (χ2n) is 2.16. The van der Waals surface area contributed by atoms with Gasteiger partial charge in [0.1, 0.15) is 0 Å². The van der Waals surface area contributed by atoms with E-state index in [1.807, 2.05) is 6.08 Å². The molecule has 10 heavy (non-hydrogen) atoms. The molecule has 3 N–H and O–H groups in total. The molecule has 0 saturated heterocycles. The maximum absolute atomic E-state index is 10.3. The maximum atomic E-state index is 10.3. The van der Waals surface area contributed by atoms with Crippen LogP contribution in [0, 0.1) is 0 Å². The molecule has 0 aromatic heterocycles. The Balaban J connectivity index is 2.66. The van der Waals surface area contributed by atoms with Crippen LogP contribution >= 0.6 is 0 Å². The van der Waals surface area contributed by atoms with E-state index in [9.17, 15) is 4.79 Å².